The molecule has 2 aromatic carbocycles. The molecule has 0 unspecified atom stereocenters. The quantitative estimate of drug-likeness (QED) is 0.318. The van der Waals surface area contributed by atoms with Crippen LogP contribution in [0.3, 0.4) is 0 Å². The molecule has 0 saturated carbocycles. The number of carbonyl (C=O) groups excluding carboxylic acids is 1. The minimum atomic E-state index is -0.731. The van der Waals surface area contributed by atoms with Crippen molar-refractivity contribution in [2.24, 2.45) is 12.8 Å². The molecule has 0 aliphatic carbocycles. The number of hydrogen-bond acceptors (Lipinski definition) is 6. The number of nitrogens with two attached hydrogens (primary N) is 1. The summed E-state index contributed by atoms with van der Waals surface area (Å²) >= 11 is 1.21. The summed E-state index contributed by atoms with van der Waals surface area (Å²) in [6.45, 7) is 0. The van der Waals surface area contributed by atoms with Gasteiger partial charge in [-0.3, -0.25) is 24.3 Å². The Balaban J connectivity index is 1.96. The molecule has 0 aliphatic heterocycles. The van der Waals surface area contributed by atoms with Crippen molar-refractivity contribution in [3.8, 4) is 0 Å². The monoisotopic (exact) mass is 370 g/mol. The molecule has 0 fully saturated rings. The van der Waals surface area contributed by atoms with Crippen LogP contribution >= 0.6 is 11.8 Å². The number of nitro benzene ring substituents is 1. The summed E-state index contributed by atoms with van der Waals surface area (Å²) in [6, 6.07) is 11.1. The number of rotatable bonds is 5. The highest BCUT2D eigenvalue weighted by Crippen LogP contribution is 2.28. The molecule has 0 radical (unpaired) electrons. The van der Waals surface area contributed by atoms with Gasteiger partial charge in [0.15, 0.2) is 5.16 Å². The number of amides is 1. The molecule has 3 rings (SSSR count). The average Bonchev–Trinajstić information content (AvgIpc) is 2.63. The number of nitrogens with zero attached hydrogens (tertiary/aromatic N) is 3. The number of benzene rings is 2. The smallest absolute Gasteiger partial charge is 0.274 e. The van der Waals surface area contributed by atoms with Gasteiger partial charge in [-0.05, 0) is 18.2 Å². The number of thioether (sulfide) groups is 1. The first kappa shape index (κ1) is 17.6. The van der Waals surface area contributed by atoms with Crippen LogP contribution in [0.5, 0.6) is 0 Å². The summed E-state index contributed by atoms with van der Waals surface area (Å²) in [5.41, 5.74) is 5.84. The third-order valence-corrected chi connectivity index (χ3v) is 4.94. The van der Waals surface area contributed by atoms with Gasteiger partial charge in [-0.1, -0.05) is 30.0 Å². The molecule has 0 spiro atoms. The van der Waals surface area contributed by atoms with E-state index >= 15 is 0 Å². The highest BCUT2D eigenvalue weighted by atomic mass is 32.2. The van der Waals surface area contributed by atoms with E-state index < -0.39 is 10.8 Å². The standard InChI is InChI=1S/C17H14N4O4S/c1-20-16(23)12-4-2-3-5-13(12)19-17(20)26-9-11-7-6-10(15(18)22)8-14(11)21(24)25/h2-8H,9H2,1H3,(H2,18,22). The molecule has 0 saturated heterocycles. The molecular formula is C17H14N4O4S. The van der Waals surface area contributed by atoms with Crippen molar-refractivity contribution in [3.63, 3.8) is 0 Å². The lowest BCUT2D eigenvalue weighted by atomic mass is 10.1. The Hall–Kier alpha value is -3.20. The number of fused-ring (bicyclic) bond motifs is 1. The van der Waals surface area contributed by atoms with E-state index in [2.05, 4.69) is 4.98 Å². The van der Waals surface area contributed by atoms with Crippen LogP contribution in [0.4, 0.5) is 5.69 Å². The lowest BCUT2D eigenvalue weighted by Gasteiger charge is -2.09. The summed E-state index contributed by atoms with van der Waals surface area (Å²) in [7, 11) is 1.61. The average molecular weight is 370 g/mol. The molecule has 8 nitrogen and oxygen atoms in total. The fourth-order valence-corrected chi connectivity index (χ4v) is 3.45. The maximum Gasteiger partial charge on any atom is 0.274 e. The van der Waals surface area contributed by atoms with Gasteiger partial charge in [0.1, 0.15) is 0 Å². The molecule has 0 bridgehead atoms. The fourth-order valence-electron chi connectivity index (χ4n) is 2.48. The largest absolute Gasteiger partial charge is 0.366 e. The maximum atomic E-state index is 12.4. The molecule has 0 atom stereocenters. The molecule has 132 valence electrons. The van der Waals surface area contributed by atoms with Gasteiger partial charge in [0.25, 0.3) is 11.2 Å². The molecule has 3 aromatic rings. The predicted octanol–water partition coefficient (Wildman–Crippen LogP) is 2.23. The zero-order chi connectivity index (χ0) is 18.8. The van der Waals surface area contributed by atoms with Gasteiger partial charge in [-0.15, -0.1) is 0 Å². The van der Waals surface area contributed by atoms with E-state index in [1.54, 1.807) is 31.3 Å². The van der Waals surface area contributed by atoms with E-state index in [0.29, 0.717) is 21.6 Å². The zero-order valence-corrected chi connectivity index (χ0v) is 14.5. The van der Waals surface area contributed by atoms with Crippen LogP contribution in [-0.4, -0.2) is 20.4 Å². The van der Waals surface area contributed by atoms with Crippen LogP contribution in [0.1, 0.15) is 15.9 Å². The van der Waals surface area contributed by atoms with Crippen LogP contribution in [0.25, 0.3) is 10.9 Å². The Bertz CT molecular complexity index is 1090. The second-order valence-electron chi connectivity index (χ2n) is 5.53. The Morgan fingerprint density at radius 3 is 2.73 bits per heavy atom. The van der Waals surface area contributed by atoms with E-state index in [-0.39, 0.29) is 22.6 Å². The minimum Gasteiger partial charge on any atom is -0.366 e. The molecule has 2 N–H and O–H groups in total. The summed E-state index contributed by atoms with van der Waals surface area (Å²) in [5, 5.41) is 12.2. The lowest BCUT2D eigenvalue weighted by Crippen LogP contribution is -2.19. The summed E-state index contributed by atoms with van der Waals surface area (Å²) in [4.78, 5) is 38.8. The molecule has 9 heteroatoms. The Morgan fingerprint density at radius 1 is 1.31 bits per heavy atom. The fraction of sp³-hybridized carbons (Fsp3) is 0.118. The lowest BCUT2D eigenvalue weighted by molar-refractivity contribution is -0.385. The van der Waals surface area contributed by atoms with Crippen molar-refractivity contribution in [3.05, 3.63) is 74.1 Å². The number of nitro groups is 1. The van der Waals surface area contributed by atoms with Crippen molar-refractivity contribution in [1.29, 1.82) is 0 Å². The van der Waals surface area contributed by atoms with Crippen LogP contribution in [0.15, 0.2) is 52.4 Å². The van der Waals surface area contributed by atoms with Gasteiger partial charge in [-0.25, -0.2) is 4.98 Å². The van der Waals surface area contributed by atoms with Crippen LogP contribution in [0, 0.1) is 10.1 Å². The molecule has 0 aliphatic rings. The van der Waals surface area contributed by atoms with Crippen molar-refractivity contribution in [2.75, 3.05) is 0 Å². The van der Waals surface area contributed by atoms with Crippen molar-refractivity contribution in [1.82, 2.24) is 9.55 Å². The van der Waals surface area contributed by atoms with Crippen molar-refractivity contribution >= 4 is 34.3 Å². The summed E-state index contributed by atoms with van der Waals surface area (Å²) in [5.74, 6) is -0.514. The van der Waals surface area contributed by atoms with E-state index in [0.717, 1.165) is 6.07 Å². The SMILES string of the molecule is Cn1c(SCc2ccc(C(N)=O)cc2[N+](=O)[O-])nc2ccccc2c1=O. The summed E-state index contributed by atoms with van der Waals surface area (Å²) < 4.78 is 1.41. The van der Waals surface area contributed by atoms with Gasteiger partial charge in [0, 0.05) is 30.0 Å². The van der Waals surface area contributed by atoms with E-state index in [1.165, 1.54) is 28.5 Å². The second kappa shape index (κ2) is 6.96. The van der Waals surface area contributed by atoms with Gasteiger partial charge in [0.05, 0.1) is 15.8 Å². The molecule has 1 heterocycles. The highest BCUT2D eigenvalue weighted by Gasteiger charge is 2.18. The Kier molecular flexibility index (Phi) is 4.72. The molecule has 1 amide bonds. The second-order valence-corrected chi connectivity index (χ2v) is 6.47. The van der Waals surface area contributed by atoms with Crippen LogP contribution in [-0.2, 0) is 12.8 Å². The molecular weight excluding hydrogens is 356 g/mol. The normalized spacial score (nSPS) is 10.8. The zero-order valence-electron chi connectivity index (χ0n) is 13.7. The minimum absolute atomic E-state index is 0.0710. The number of aromatic nitrogens is 2. The van der Waals surface area contributed by atoms with Crippen LogP contribution in [0.2, 0.25) is 0 Å². The molecule has 26 heavy (non-hydrogen) atoms. The van der Waals surface area contributed by atoms with Gasteiger partial charge >= 0.3 is 0 Å². The topological polar surface area (TPSA) is 121 Å². The first-order valence-electron chi connectivity index (χ1n) is 7.54. The van der Waals surface area contributed by atoms with Crippen molar-refractivity contribution < 1.29 is 9.72 Å². The number of carbonyl (C=O) groups is 1. The van der Waals surface area contributed by atoms with E-state index in [1.807, 2.05) is 0 Å². The predicted molar refractivity (Wildman–Crippen MR) is 98.2 cm³/mol. The van der Waals surface area contributed by atoms with Gasteiger partial charge in [0.2, 0.25) is 5.91 Å². The first-order valence-corrected chi connectivity index (χ1v) is 8.52. The number of primary amides is 1. The Labute approximate surface area is 151 Å². The van der Waals surface area contributed by atoms with E-state index in [9.17, 15) is 19.7 Å². The number of hydrogen-bond donors (Lipinski definition) is 1. The van der Waals surface area contributed by atoms with Crippen LogP contribution < -0.4 is 11.3 Å². The summed E-state index contributed by atoms with van der Waals surface area (Å²) in [6.07, 6.45) is 0. The maximum absolute atomic E-state index is 12.4. The first-order chi connectivity index (χ1) is 12.4. The highest BCUT2D eigenvalue weighted by molar-refractivity contribution is 7.98. The third kappa shape index (κ3) is 3.29. The van der Waals surface area contributed by atoms with Gasteiger partial charge in [-0.2, -0.15) is 0 Å². The number of para-hydroxylation sites is 1. The van der Waals surface area contributed by atoms with E-state index in [4.69, 9.17) is 5.73 Å². The molecule has 1 aromatic heterocycles. The van der Waals surface area contributed by atoms with Gasteiger partial charge < -0.3 is 5.73 Å². The third-order valence-electron chi connectivity index (χ3n) is 3.87. The Morgan fingerprint density at radius 2 is 2.04 bits per heavy atom. The van der Waals surface area contributed by atoms with Crippen molar-refractivity contribution in [2.45, 2.75) is 10.9 Å².